The predicted molar refractivity (Wildman–Crippen MR) is 133 cm³/mol. The van der Waals surface area contributed by atoms with Crippen molar-refractivity contribution in [1.29, 1.82) is 0 Å². The Bertz CT molecular complexity index is 816. The molecule has 33 heavy (non-hydrogen) atoms. The van der Waals surface area contributed by atoms with Crippen molar-refractivity contribution in [2.45, 2.75) is 46.0 Å². The molecule has 1 aliphatic rings. The third kappa shape index (κ3) is 9.82. The van der Waals surface area contributed by atoms with Gasteiger partial charge in [0.1, 0.15) is 12.4 Å². The lowest BCUT2D eigenvalue weighted by Crippen LogP contribution is -2.33. The van der Waals surface area contributed by atoms with E-state index < -0.39 is 6.09 Å². The SMILES string of the molecule is C=CCOC(=O)CC(CNC(=O)Oc1cccc(C2=CCCCC2CN(C)C)c1)CC(C)C. The molecular weight excluding hydrogens is 416 g/mol. The minimum Gasteiger partial charge on any atom is -0.461 e. The molecule has 0 fully saturated rings. The summed E-state index contributed by atoms with van der Waals surface area (Å²) in [5.74, 6) is 1.11. The van der Waals surface area contributed by atoms with Crippen molar-refractivity contribution in [1.82, 2.24) is 10.2 Å². The van der Waals surface area contributed by atoms with Gasteiger partial charge < -0.3 is 19.7 Å². The molecule has 0 heterocycles. The number of allylic oxidation sites excluding steroid dienone is 1. The molecule has 0 saturated carbocycles. The predicted octanol–water partition coefficient (Wildman–Crippen LogP) is 5.30. The van der Waals surface area contributed by atoms with E-state index in [1.165, 1.54) is 18.4 Å². The quantitative estimate of drug-likeness (QED) is 0.341. The molecule has 1 aliphatic carbocycles. The summed E-state index contributed by atoms with van der Waals surface area (Å²) in [4.78, 5) is 26.7. The fraction of sp³-hybridized carbons (Fsp3) is 0.556. The first-order valence-corrected chi connectivity index (χ1v) is 12.0. The number of benzene rings is 1. The molecule has 2 rings (SSSR count). The third-order valence-electron chi connectivity index (χ3n) is 5.68. The second-order valence-corrected chi connectivity index (χ2v) is 9.52. The number of hydrogen-bond donors (Lipinski definition) is 1. The van der Waals surface area contributed by atoms with Gasteiger partial charge in [0.25, 0.3) is 0 Å². The maximum Gasteiger partial charge on any atom is 0.412 e. The number of hydrogen-bond acceptors (Lipinski definition) is 5. The second-order valence-electron chi connectivity index (χ2n) is 9.52. The van der Waals surface area contributed by atoms with Crippen molar-refractivity contribution in [3.63, 3.8) is 0 Å². The Kier molecular flexibility index (Phi) is 11.2. The summed E-state index contributed by atoms with van der Waals surface area (Å²) in [7, 11) is 4.20. The standard InChI is InChI=1S/C27H40N2O4/c1-6-14-32-26(30)16-21(15-20(2)3)18-28-27(31)33-24-12-9-11-22(17-24)25-13-8-7-10-23(25)19-29(4)5/h6,9,11-13,17,20-21,23H,1,7-8,10,14-16,18-19H2,2-5H3,(H,28,31). The fourth-order valence-corrected chi connectivity index (χ4v) is 4.39. The van der Waals surface area contributed by atoms with Crippen LogP contribution >= 0.6 is 0 Å². The maximum atomic E-state index is 12.5. The Balaban J connectivity index is 1.97. The van der Waals surface area contributed by atoms with Gasteiger partial charge in [0, 0.05) is 13.1 Å². The van der Waals surface area contributed by atoms with E-state index in [0.717, 1.165) is 24.9 Å². The molecule has 1 amide bonds. The monoisotopic (exact) mass is 456 g/mol. The van der Waals surface area contributed by atoms with Crippen molar-refractivity contribution in [3.8, 4) is 5.75 Å². The third-order valence-corrected chi connectivity index (χ3v) is 5.68. The molecule has 1 aromatic rings. The van der Waals surface area contributed by atoms with Gasteiger partial charge in [-0.15, -0.1) is 0 Å². The van der Waals surface area contributed by atoms with Crippen LogP contribution in [0.3, 0.4) is 0 Å². The van der Waals surface area contributed by atoms with Crippen molar-refractivity contribution in [3.05, 3.63) is 48.6 Å². The Labute approximate surface area is 199 Å². The van der Waals surface area contributed by atoms with Gasteiger partial charge in [-0.2, -0.15) is 0 Å². The highest BCUT2D eigenvalue weighted by Crippen LogP contribution is 2.34. The molecule has 0 radical (unpaired) electrons. The average molecular weight is 457 g/mol. The Morgan fingerprint density at radius 3 is 2.79 bits per heavy atom. The zero-order valence-electron chi connectivity index (χ0n) is 20.6. The molecule has 0 saturated heterocycles. The van der Waals surface area contributed by atoms with Gasteiger partial charge in [-0.1, -0.05) is 44.7 Å². The van der Waals surface area contributed by atoms with E-state index in [9.17, 15) is 9.59 Å². The summed E-state index contributed by atoms with van der Waals surface area (Å²) < 4.78 is 10.7. The molecule has 2 atom stereocenters. The largest absolute Gasteiger partial charge is 0.461 e. The van der Waals surface area contributed by atoms with Crippen LogP contribution in [-0.2, 0) is 9.53 Å². The number of nitrogens with zero attached hydrogens (tertiary/aromatic N) is 1. The molecule has 1 aromatic carbocycles. The van der Waals surface area contributed by atoms with Crippen molar-refractivity contribution in [2.75, 3.05) is 33.8 Å². The van der Waals surface area contributed by atoms with Gasteiger partial charge >= 0.3 is 12.1 Å². The van der Waals surface area contributed by atoms with Gasteiger partial charge in [0.15, 0.2) is 0 Å². The van der Waals surface area contributed by atoms with Crippen molar-refractivity contribution in [2.24, 2.45) is 17.8 Å². The van der Waals surface area contributed by atoms with E-state index >= 15 is 0 Å². The van der Waals surface area contributed by atoms with Gasteiger partial charge in [-0.25, -0.2) is 4.79 Å². The highest BCUT2D eigenvalue weighted by Gasteiger charge is 2.21. The number of rotatable bonds is 12. The van der Waals surface area contributed by atoms with Crippen LogP contribution in [0.25, 0.3) is 5.57 Å². The zero-order valence-corrected chi connectivity index (χ0v) is 20.6. The lowest BCUT2D eigenvalue weighted by molar-refractivity contribution is -0.143. The second kappa shape index (κ2) is 13.8. The van der Waals surface area contributed by atoms with E-state index in [-0.39, 0.29) is 24.9 Å². The average Bonchev–Trinajstić information content (AvgIpc) is 2.76. The molecule has 6 nitrogen and oxygen atoms in total. The smallest absolute Gasteiger partial charge is 0.412 e. The summed E-state index contributed by atoms with van der Waals surface area (Å²) in [5, 5.41) is 2.82. The zero-order chi connectivity index (χ0) is 24.2. The highest BCUT2D eigenvalue weighted by atomic mass is 16.6. The van der Waals surface area contributed by atoms with Crippen LogP contribution in [0.5, 0.6) is 5.75 Å². The first-order chi connectivity index (χ1) is 15.8. The number of ether oxygens (including phenoxy) is 2. The lowest BCUT2D eigenvalue weighted by atomic mass is 9.83. The summed E-state index contributed by atoms with van der Waals surface area (Å²) >= 11 is 0. The van der Waals surface area contributed by atoms with Crippen LogP contribution in [0.4, 0.5) is 4.79 Å². The van der Waals surface area contributed by atoms with Crippen LogP contribution in [-0.4, -0.2) is 50.8 Å². The molecule has 0 aliphatic heterocycles. The molecule has 182 valence electrons. The topological polar surface area (TPSA) is 67.9 Å². The van der Waals surface area contributed by atoms with E-state index in [4.69, 9.17) is 9.47 Å². The van der Waals surface area contributed by atoms with Crippen LogP contribution in [0.2, 0.25) is 0 Å². The summed E-state index contributed by atoms with van der Waals surface area (Å²) in [5.41, 5.74) is 2.44. The maximum absolute atomic E-state index is 12.5. The molecule has 0 aromatic heterocycles. The van der Waals surface area contributed by atoms with Gasteiger partial charge in [-0.3, -0.25) is 4.79 Å². The Morgan fingerprint density at radius 1 is 1.30 bits per heavy atom. The van der Waals surface area contributed by atoms with Crippen LogP contribution in [0, 0.1) is 17.8 Å². The normalized spacial score (nSPS) is 16.8. The van der Waals surface area contributed by atoms with Gasteiger partial charge in [0.2, 0.25) is 0 Å². The van der Waals surface area contributed by atoms with Crippen LogP contribution < -0.4 is 10.1 Å². The first kappa shape index (κ1) is 26.7. The molecular formula is C27H40N2O4. The van der Waals surface area contributed by atoms with E-state index in [1.807, 2.05) is 12.1 Å². The van der Waals surface area contributed by atoms with Gasteiger partial charge in [0.05, 0.1) is 6.42 Å². The number of carbonyl (C=O) groups is 2. The number of nitrogens with one attached hydrogen (secondary N) is 1. The van der Waals surface area contributed by atoms with Gasteiger partial charge in [-0.05, 0) is 80.8 Å². The number of amides is 1. The minimum atomic E-state index is -0.511. The van der Waals surface area contributed by atoms with Crippen molar-refractivity contribution < 1.29 is 19.1 Å². The molecule has 0 bridgehead atoms. The lowest BCUT2D eigenvalue weighted by Gasteiger charge is -2.27. The minimum absolute atomic E-state index is 0.0135. The Hall–Kier alpha value is -2.60. The Morgan fingerprint density at radius 2 is 2.09 bits per heavy atom. The number of carbonyl (C=O) groups excluding carboxylic acids is 2. The molecule has 2 unspecified atom stereocenters. The summed E-state index contributed by atoms with van der Waals surface area (Å²) in [6, 6.07) is 7.75. The molecule has 6 heteroatoms. The molecule has 0 spiro atoms. The van der Waals surface area contributed by atoms with E-state index in [2.05, 4.69) is 56.9 Å². The van der Waals surface area contributed by atoms with E-state index in [1.54, 1.807) is 12.1 Å². The van der Waals surface area contributed by atoms with Crippen molar-refractivity contribution >= 4 is 17.6 Å². The summed E-state index contributed by atoms with van der Waals surface area (Å²) in [6.07, 6.45) is 7.87. The van der Waals surface area contributed by atoms with E-state index in [0.29, 0.717) is 24.1 Å². The van der Waals surface area contributed by atoms with Crippen LogP contribution in [0.1, 0.15) is 51.5 Å². The number of esters is 1. The van der Waals surface area contributed by atoms with Crippen LogP contribution in [0.15, 0.2) is 43.0 Å². The first-order valence-electron chi connectivity index (χ1n) is 12.0. The molecule has 1 N–H and O–H groups in total. The summed E-state index contributed by atoms with van der Waals surface area (Å²) in [6.45, 7) is 9.30. The fourth-order valence-electron chi connectivity index (χ4n) is 4.39. The highest BCUT2D eigenvalue weighted by molar-refractivity contribution is 5.73.